The first-order valence-corrected chi connectivity index (χ1v) is 3.26. The summed E-state index contributed by atoms with van der Waals surface area (Å²) in [6, 6.07) is 0. The van der Waals surface area contributed by atoms with Crippen molar-refractivity contribution in [1.82, 2.24) is 0 Å². The molecule has 0 saturated carbocycles. The number of nitrogens with two attached hydrogens (primary N) is 2. The molecule has 0 unspecified atom stereocenters. The van der Waals surface area contributed by atoms with E-state index < -0.39 is 0 Å². The molecule has 0 heterocycles. The van der Waals surface area contributed by atoms with E-state index in [9.17, 15) is 0 Å². The molecule has 3 nitrogen and oxygen atoms in total. The van der Waals surface area contributed by atoms with Crippen molar-refractivity contribution in [1.29, 1.82) is 0 Å². The molecule has 0 rings (SSSR count). The van der Waals surface area contributed by atoms with Gasteiger partial charge in [0.1, 0.15) is 0 Å². The third kappa shape index (κ3) is 5.79. The summed E-state index contributed by atoms with van der Waals surface area (Å²) in [5.41, 5.74) is 10.00. The molecule has 0 radical (unpaired) electrons. The first-order chi connectivity index (χ1) is 3.27. The average molecular weight is 166 g/mol. The molecule has 0 fully saturated rings. The van der Waals surface area contributed by atoms with Crippen LogP contribution in [0.2, 0.25) is 5.32 Å². The van der Waals surface area contributed by atoms with Gasteiger partial charge in [0, 0.05) is 0 Å². The van der Waals surface area contributed by atoms with Crippen LogP contribution in [0, 0.1) is 0 Å². The molecule has 4 heteroatoms. The minimum atomic E-state index is 0.172. The molecule has 42 valence electrons. The van der Waals surface area contributed by atoms with Gasteiger partial charge < -0.3 is 0 Å². The van der Waals surface area contributed by atoms with Crippen LogP contribution < -0.4 is 11.5 Å². The molecule has 0 aromatic carbocycles. The standard InChI is InChI=1S/C3H9N3Se/c4-3(5)6-1-2-7/h7H,1-2H2,(H4,4,5,6). The molecule has 0 aliphatic rings. The van der Waals surface area contributed by atoms with Crippen LogP contribution in [0.5, 0.6) is 0 Å². The van der Waals surface area contributed by atoms with Crippen molar-refractivity contribution >= 4 is 22.0 Å². The molecule has 0 bridgehead atoms. The van der Waals surface area contributed by atoms with Gasteiger partial charge in [-0.25, -0.2) is 0 Å². The molecular weight excluding hydrogens is 157 g/mol. The second kappa shape index (κ2) is 3.96. The van der Waals surface area contributed by atoms with Crippen LogP contribution in [0.4, 0.5) is 0 Å². The van der Waals surface area contributed by atoms with Crippen LogP contribution >= 0.6 is 0 Å². The summed E-state index contributed by atoms with van der Waals surface area (Å²) < 4.78 is 0. The summed E-state index contributed by atoms with van der Waals surface area (Å²) in [6.07, 6.45) is 0. The number of hydrogen-bond acceptors (Lipinski definition) is 1. The quantitative estimate of drug-likeness (QED) is 0.300. The molecular formula is C3H9N3Se. The molecule has 0 aromatic heterocycles. The van der Waals surface area contributed by atoms with Gasteiger partial charge in [-0.1, -0.05) is 0 Å². The Morgan fingerprint density at radius 1 is 1.57 bits per heavy atom. The summed E-state index contributed by atoms with van der Waals surface area (Å²) in [4.78, 5) is 3.70. The van der Waals surface area contributed by atoms with Crippen molar-refractivity contribution in [3.63, 3.8) is 0 Å². The molecule has 0 aliphatic heterocycles. The van der Waals surface area contributed by atoms with Crippen LogP contribution in [-0.2, 0) is 0 Å². The molecule has 0 spiro atoms. The van der Waals surface area contributed by atoms with Gasteiger partial charge in [0.05, 0.1) is 0 Å². The van der Waals surface area contributed by atoms with Gasteiger partial charge in [-0.3, -0.25) is 0 Å². The van der Waals surface area contributed by atoms with E-state index in [0.717, 1.165) is 5.32 Å². The van der Waals surface area contributed by atoms with Crippen LogP contribution in [0.1, 0.15) is 0 Å². The van der Waals surface area contributed by atoms with E-state index >= 15 is 0 Å². The van der Waals surface area contributed by atoms with E-state index in [0.29, 0.717) is 6.54 Å². The van der Waals surface area contributed by atoms with E-state index in [2.05, 4.69) is 21.0 Å². The summed E-state index contributed by atoms with van der Waals surface area (Å²) >= 11 is 2.40. The first-order valence-electron chi connectivity index (χ1n) is 1.93. The van der Waals surface area contributed by atoms with E-state index in [-0.39, 0.29) is 5.96 Å². The van der Waals surface area contributed by atoms with Crippen molar-refractivity contribution in [2.45, 2.75) is 5.32 Å². The Morgan fingerprint density at radius 2 is 2.14 bits per heavy atom. The molecule has 0 atom stereocenters. The second-order valence-corrected chi connectivity index (χ2v) is 1.97. The Kier molecular flexibility index (Phi) is 3.84. The Morgan fingerprint density at radius 3 is 2.29 bits per heavy atom. The fourth-order valence-corrected chi connectivity index (χ4v) is 0.389. The van der Waals surface area contributed by atoms with Crippen LogP contribution in [0.15, 0.2) is 4.99 Å². The third-order valence-electron chi connectivity index (χ3n) is 0.394. The minimum absolute atomic E-state index is 0.172. The van der Waals surface area contributed by atoms with Gasteiger partial charge in [-0.2, -0.15) is 0 Å². The topological polar surface area (TPSA) is 64.4 Å². The van der Waals surface area contributed by atoms with E-state index in [1.807, 2.05) is 0 Å². The number of hydrogen-bond donors (Lipinski definition) is 2. The van der Waals surface area contributed by atoms with Crippen molar-refractivity contribution < 1.29 is 0 Å². The van der Waals surface area contributed by atoms with Crippen LogP contribution in [0.25, 0.3) is 0 Å². The second-order valence-electron chi connectivity index (χ2n) is 1.03. The summed E-state index contributed by atoms with van der Waals surface area (Å²) in [5.74, 6) is 0.172. The third-order valence-corrected chi connectivity index (χ3v) is 0.814. The van der Waals surface area contributed by atoms with Crippen molar-refractivity contribution in [3.05, 3.63) is 0 Å². The zero-order chi connectivity index (χ0) is 5.70. The molecule has 7 heavy (non-hydrogen) atoms. The molecule has 0 aromatic rings. The van der Waals surface area contributed by atoms with Gasteiger partial charge in [-0.15, -0.1) is 0 Å². The average Bonchev–Trinajstić information content (AvgIpc) is 1.61. The fraction of sp³-hybridized carbons (Fsp3) is 0.667. The van der Waals surface area contributed by atoms with E-state index in [4.69, 9.17) is 11.5 Å². The van der Waals surface area contributed by atoms with Gasteiger partial charge >= 0.3 is 50.3 Å². The van der Waals surface area contributed by atoms with Crippen LogP contribution in [-0.4, -0.2) is 28.5 Å². The van der Waals surface area contributed by atoms with Gasteiger partial charge in [0.2, 0.25) is 0 Å². The van der Waals surface area contributed by atoms with Crippen LogP contribution in [0.3, 0.4) is 0 Å². The number of nitrogens with zero attached hydrogens (tertiary/aromatic N) is 1. The van der Waals surface area contributed by atoms with Crippen molar-refractivity contribution in [2.75, 3.05) is 6.54 Å². The summed E-state index contributed by atoms with van der Waals surface area (Å²) in [5, 5.41) is 0.935. The molecule has 0 amide bonds. The van der Waals surface area contributed by atoms with E-state index in [1.165, 1.54) is 0 Å². The fourth-order valence-electron chi connectivity index (χ4n) is 0.179. The van der Waals surface area contributed by atoms with Crippen molar-refractivity contribution in [2.24, 2.45) is 16.5 Å². The zero-order valence-corrected chi connectivity index (χ0v) is 5.84. The monoisotopic (exact) mass is 167 g/mol. The molecule has 0 aliphatic carbocycles. The number of guanidine groups is 1. The van der Waals surface area contributed by atoms with Gasteiger partial charge in [0.15, 0.2) is 0 Å². The predicted octanol–water partition coefficient (Wildman–Crippen LogP) is -1.42. The van der Waals surface area contributed by atoms with Gasteiger partial charge in [-0.05, 0) is 0 Å². The Balaban J connectivity index is 3.08. The Bertz CT molecular complexity index is 66.6. The summed E-state index contributed by atoms with van der Waals surface area (Å²) in [6.45, 7) is 0.711. The predicted molar refractivity (Wildman–Crippen MR) is 32.6 cm³/mol. The van der Waals surface area contributed by atoms with Gasteiger partial charge in [0.25, 0.3) is 0 Å². The number of aliphatic imine (C=N–C) groups is 1. The Labute approximate surface area is 51.0 Å². The maximum atomic E-state index is 5.00. The zero-order valence-electron chi connectivity index (χ0n) is 3.96. The molecule has 4 N–H and O–H groups in total. The van der Waals surface area contributed by atoms with Crippen molar-refractivity contribution in [3.8, 4) is 0 Å². The van der Waals surface area contributed by atoms with E-state index in [1.54, 1.807) is 0 Å². The summed E-state index contributed by atoms with van der Waals surface area (Å²) in [7, 11) is 0. The normalized spacial score (nSPS) is 8.14. The SMILES string of the molecule is NC(N)=NCC[SeH]. The number of rotatable bonds is 2. The first kappa shape index (κ1) is 6.79. The Hall–Kier alpha value is -0.211. The molecule has 0 saturated heterocycles. The maximum absolute atomic E-state index is 5.00.